The molecule has 0 radical (unpaired) electrons. The number of rotatable bonds is 8. The molecule has 3 aromatic rings. The van der Waals surface area contributed by atoms with Crippen molar-refractivity contribution >= 4 is 50.0 Å². The van der Waals surface area contributed by atoms with Gasteiger partial charge in [-0.05, 0) is 72.6 Å². The summed E-state index contributed by atoms with van der Waals surface area (Å²) in [7, 11) is 0. The van der Waals surface area contributed by atoms with Gasteiger partial charge < -0.3 is 9.47 Å². The standard InChI is InChI=1S/C24H20Br2N2O4/c1-2-31-22-13-17(15-27-28-23(29)14-16-3-8-19(25)9-4-16)5-12-21(22)32-24(30)18-6-10-20(26)11-7-18/h3-13,15H,2,14H2,1H3,(H,28,29). The van der Waals surface area contributed by atoms with Gasteiger partial charge in [-0.15, -0.1) is 0 Å². The number of halogens is 2. The third-order valence-electron chi connectivity index (χ3n) is 4.23. The predicted octanol–water partition coefficient (Wildman–Crippen LogP) is 5.52. The normalized spacial score (nSPS) is 10.7. The maximum atomic E-state index is 12.4. The summed E-state index contributed by atoms with van der Waals surface area (Å²) in [6.07, 6.45) is 1.72. The summed E-state index contributed by atoms with van der Waals surface area (Å²) >= 11 is 6.70. The summed E-state index contributed by atoms with van der Waals surface area (Å²) in [6.45, 7) is 2.23. The second kappa shape index (κ2) is 11.6. The van der Waals surface area contributed by atoms with Gasteiger partial charge in [0.05, 0.1) is 24.8 Å². The maximum absolute atomic E-state index is 12.4. The monoisotopic (exact) mass is 558 g/mol. The molecule has 6 nitrogen and oxygen atoms in total. The van der Waals surface area contributed by atoms with Gasteiger partial charge in [0.1, 0.15) is 0 Å². The predicted molar refractivity (Wildman–Crippen MR) is 130 cm³/mol. The largest absolute Gasteiger partial charge is 0.490 e. The Balaban J connectivity index is 1.64. The molecule has 1 amide bonds. The van der Waals surface area contributed by atoms with E-state index in [1.807, 2.05) is 31.2 Å². The number of ether oxygens (including phenoxy) is 2. The van der Waals surface area contributed by atoms with E-state index in [4.69, 9.17) is 9.47 Å². The highest BCUT2D eigenvalue weighted by Gasteiger charge is 2.13. The number of benzene rings is 3. The van der Waals surface area contributed by atoms with Crippen LogP contribution in [0.5, 0.6) is 11.5 Å². The number of nitrogens with zero attached hydrogens (tertiary/aromatic N) is 1. The van der Waals surface area contributed by atoms with Gasteiger partial charge in [0.15, 0.2) is 11.5 Å². The third kappa shape index (κ3) is 7.03. The van der Waals surface area contributed by atoms with Crippen LogP contribution >= 0.6 is 31.9 Å². The minimum Gasteiger partial charge on any atom is -0.490 e. The van der Waals surface area contributed by atoms with Crippen LogP contribution in [0.4, 0.5) is 0 Å². The van der Waals surface area contributed by atoms with Crippen LogP contribution in [0.15, 0.2) is 80.8 Å². The van der Waals surface area contributed by atoms with Crippen LogP contribution in [0.1, 0.15) is 28.4 Å². The lowest BCUT2D eigenvalue weighted by Gasteiger charge is -2.11. The van der Waals surface area contributed by atoms with Gasteiger partial charge in [0.2, 0.25) is 5.91 Å². The van der Waals surface area contributed by atoms with Crippen LogP contribution < -0.4 is 14.9 Å². The van der Waals surface area contributed by atoms with Crippen molar-refractivity contribution in [3.63, 3.8) is 0 Å². The zero-order chi connectivity index (χ0) is 22.9. The first-order chi connectivity index (χ1) is 15.4. The molecule has 0 spiro atoms. The Kier molecular flexibility index (Phi) is 8.58. The van der Waals surface area contributed by atoms with Crippen molar-refractivity contribution in [1.82, 2.24) is 5.43 Å². The van der Waals surface area contributed by atoms with Crippen molar-refractivity contribution < 1.29 is 19.1 Å². The fourth-order valence-electron chi connectivity index (χ4n) is 2.71. The number of hydrogen-bond donors (Lipinski definition) is 1. The van der Waals surface area contributed by atoms with Gasteiger partial charge >= 0.3 is 5.97 Å². The second-order valence-corrected chi connectivity index (χ2v) is 8.46. The molecule has 0 aliphatic heterocycles. The highest BCUT2D eigenvalue weighted by molar-refractivity contribution is 9.10. The average Bonchev–Trinajstić information content (AvgIpc) is 2.77. The average molecular weight is 560 g/mol. The number of esters is 1. The van der Waals surface area contributed by atoms with Crippen molar-refractivity contribution in [1.29, 1.82) is 0 Å². The number of carbonyl (C=O) groups is 2. The highest BCUT2D eigenvalue weighted by atomic mass is 79.9. The number of hydrogen-bond acceptors (Lipinski definition) is 5. The van der Waals surface area contributed by atoms with Gasteiger partial charge in [-0.1, -0.05) is 44.0 Å². The van der Waals surface area contributed by atoms with E-state index in [2.05, 4.69) is 42.4 Å². The zero-order valence-electron chi connectivity index (χ0n) is 17.2. The molecule has 3 rings (SSSR count). The lowest BCUT2D eigenvalue weighted by atomic mass is 10.1. The SMILES string of the molecule is CCOc1cc(C=NNC(=O)Cc2ccc(Br)cc2)ccc1OC(=O)c1ccc(Br)cc1. The Morgan fingerprint density at radius 2 is 1.59 bits per heavy atom. The highest BCUT2D eigenvalue weighted by Crippen LogP contribution is 2.29. The van der Waals surface area contributed by atoms with E-state index in [0.29, 0.717) is 29.2 Å². The van der Waals surface area contributed by atoms with Crippen molar-refractivity contribution in [2.75, 3.05) is 6.61 Å². The Bertz CT molecular complexity index is 1110. The summed E-state index contributed by atoms with van der Waals surface area (Å²) in [6, 6.07) is 19.4. The first kappa shape index (κ1) is 23.7. The fourth-order valence-corrected chi connectivity index (χ4v) is 3.24. The van der Waals surface area contributed by atoms with E-state index >= 15 is 0 Å². The minimum atomic E-state index is -0.486. The van der Waals surface area contributed by atoms with Crippen LogP contribution in [0, 0.1) is 0 Å². The van der Waals surface area contributed by atoms with Crippen LogP contribution in [0.25, 0.3) is 0 Å². The molecule has 0 atom stereocenters. The van der Waals surface area contributed by atoms with E-state index in [1.54, 1.807) is 42.5 Å². The molecule has 1 N–H and O–H groups in total. The number of carbonyl (C=O) groups excluding carboxylic acids is 2. The van der Waals surface area contributed by atoms with E-state index < -0.39 is 5.97 Å². The molecule has 0 heterocycles. The van der Waals surface area contributed by atoms with Crippen molar-refractivity contribution in [2.45, 2.75) is 13.3 Å². The van der Waals surface area contributed by atoms with Gasteiger partial charge in [-0.25, -0.2) is 10.2 Å². The number of amides is 1. The Morgan fingerprint density at radius 1 is 0.938 bits per heavy atom. The lowest BCUT2D eigenvalue weighted by Crippen LogP contribution is -2.19. The second-order valence-electron chi connectivity index (χ2n) is 6.63. The van der Waals surface area contributed by atoms with E-state index in [0.717, 1.165) is 14.5 Å². The Labute approximate surface area is 202 Å². The molecule has 0 aromatic heterocycles. The van der Waals surface area contributed by atoms with E-state index in [9.17, 15) is 9.59 Å². The Morgan fingerprint density at radius 3 is 2.25 bits per heavy atom. The van der Waals surface area contributed by atoms with Crippen molar-refractivity contribution in [2.24, 2.45) is 5.10 Å². The fraction of sp³-hybridized carbons (Fsp3) is 0.125. The molecule has 0 bridgehead atoms. The molecule has 164 valence electrons. The van der Waals surface area contributed by atoms with E-state index in [-0.39, 0.29) is 12.3 Å². The number of hydrazone groups is 1. The smallest absolute Gasteiger partial charge is 0.343 e. The lowest BCUT2D eigenvalue weighted by molar-refractivity contribution is -0.120. The first-order valence-corrected chi connectivity index (χ1v) is 11.3. The van der Waals surface area contributed by atoms with Crippen LogP contribution in [-0.2, 0) is 11.2 Å². The topological polar surface area (TPSA) is 77.0 Å². The van der Waals surface area contributed by atoms with Crippen molar-refractivity contribution in [3.05, 3.63) is 92.4 Å². The molecular formula is C24H20Br2N2O4. The van der Waals surface area contributed by atoms with Gasteiger partial charge in [0.25, 0.3) is 0 Å². The quantitative estimate of drug-likeness (QED) is 0.170. The van der Waals surface area contributed by atoms with Crippen LogP contribution in [-0.4, -0.2) is 24.7 Å². The molecular weight excluding hydrogens is 540 g/mol. The van der Waals surface area contributed by atoms with E-state index in [1.165, 1.54) is 6.21 Å². The maximum Gasteiger partial charge on any atom is 0.343 e. The van der Waals surface area contributed by atoms with Gasteiger partial charge in [0, 0.05) is 8.95 Å². The molecule has 32 heavy (non-hydrogen) atoms. The molecule has 8 heteroatoms. The van der Waals surface area contributed by atoms with Crippen molar-refractivity contribution in [3.8, 4) is 11.5 Å². The molecule has 0 aliphatic rings. The molecule has 0 saturated heterocycles. The van der Waals surface area contributed by atoms with Gasteiger partial charge in [-0.2, -0.15) is 5.10 Å². The minimum absolute atomic E-state index is 0.222. The first-order valence-electron chi connectivity index (χ1n) is 9.75. The molecule has 0 saturated carbocycles. The molecule has 0 aliphatic carbocycles. The summed E-state index contributed by atoms with van der Waals surface area (Å²) in [5.41, 5.74) is 4.50. The summed E-state index contributed by atoms with van der Waals surface area (Å²) < 4.78 is 12.9. The van der Waals surface area contributed by atoms with Crippen LogP contribution in [0.3, 0.4) is 0 Å². The third-order valence-corrected chi connectivity index (χ3v) is 5.29. The van der Waals surface area contributed by atoms with Crippen LogP contribution in [0.2, 0.25) is 0 Å². The molecule has 3 aromatic carbocycles. The van der Waals surface area contributed by atoms with Gasteiger partial charge in [-0.3, -0.25) is 4.79 Å². The Hall–Kier alpha value is -2.97. The molecule has 0 unspecified atom stereocenters. The number of nitrogens with one attached hydrogen (secondary N) is 1. The molecule has 0 fully saturated rings. The zero-order valence-corrected chi connectivity index (χ0v) is 20.4. The summed E-state index contributed by atoms with van der Waals surface area (Å²) in [5, 5.41) is 4.00. The summed E-state index contributed by atoms with van der Waals surface area (Å²) in [4.78, 5) is 24.5. The summed E-state index contributed by atoms with van der Waals surface area (Å²) in [5.74, 6) is -0.00646.